The highest BCUT2D eigenvalue weighted by Crippen LogP contribution is 2.34. The maximum Gasteiger partial charge on any atom is 0.269 e. The molecule has 1 fully saturated rings. The Bertz CT molecular complexity index is 1200. The van der Waals surface area contributed by atoms with Gasteiger partial charge < -0.3 is 9.47 Å². The third kappa shape index (κ3) is 4.35. The molecule has 0 atom stereocenters. The summed E-state index contributed by atoms with van der Waals surface area (Å²) in [6.07, 6.45) is 0. The molecule has 1 amide bonds. The molecule has 1 saturated heterocycles. The molecule has 0 aliphatic carbocycles. The number of thiazole rings is 1. The molecule has 31 heavy (non-hydrogen) atoms. The number of rotatable bonds is 6. The first kappa shape index (κ1) is 21.5. The van der Waals surface area contributed by atoms with E-state index in [0.717, 1.165) is 15.8 Å². The number of carbonyl (C=O) groups excluding carboxylic acids is 1. The number of aryl methyl sites for hydroxylation is 1. The van der Waals surface area contributed by atoms with E-state index in [1.54, 1.807) is 7.11 Å². The standard InChI is InChI=1S/C20H22N4O5S2/c1-13-3-8-16(28-2)17-18(13)30-20(21-17)23-22-19(25)14-4-6-15(7-5-14)31(26,27)24-9-11-29-12-10-24/h3-8H,9-12H2,1-2H3,(H,21,23)(H,22,25). The number of hydrogen-bond donors (Lipinski definition) is 2. The molecule has 0 saturated carbocycles. The number of anilines is 1. The van der Waals surface area contributed by atoms with Gasteiger partial charge >= 0.3 is 0 Å². The van der Waals surface area contributed by atoms with E-state index in [1.165, 1.54) is 39.9 Å². The van der Waals surface area contributed by atoms with Crippen LogP contribution in [0.4, 0.5) is 5.13 Å². The molecule has 0 radical (unpaired) electrons. The number of carbonyl (C=O) groups is 1. The summed E-state index contributed by atoms with van der Waals surface area (Å²) in [5.41, 5.74) is 7.52. The zero-order chi connectivity index (χ0) is 22.0. The van der Waals surface area contributed by atoms with Crippen molar-refractivity contribution in [1.82, 2.24) is 14.7 Å². The number of nitrogens with zero attached hydrogens (tertiary/aromatic N) is 2. The number of morpholine rings is 1. The summed E-state index contributed by atoms with van der Waals surface area (Å²) in [5, 5.41) is 0.516. The van der Waals surface area contributed by atoms with Crippen LogP contribution in [0, 0.1) is 6.92 Å². The minimum atomic E-state index is -3.60. The van der Waals surface area contributed by atoms with E-state index in [0.29, 0.717) is 42.7 Å². The third-order valence-corrected chi connectivity index (χ3v) is 7.95. The van der Waals surface area contributed by atoms with Crippen molar-refractivity contribution >= 4 is 42.6 Å². The predicted octanol–water partition coefficient (Wildman–Crippen LogP) is 2.39. The molecule has 11 heteroatoms. The Morgan fingerprint density at radius 2 is 1.87 bits per heavy atom. The zero-order valence-electron chi connectivity index (χ0n) is 17.0. The molecule has 4 rings (SSSR count). The van der Waals surface area contributed by atoms with Crippen molar-refractivity contribution in [2.24, 2.45) is 0 Å². The van der Waals surface area contributed by atoms with E-state index in [4.69, 9.17) is 9.47 Å². The highest BCUT2D eigenvalue weighted by atomic mass is 32.2. The largest absolute Gasteiger partial charge is 0.494 e. The quantitative estimate of drug-likeness (QED) is 0.541. The average molecular weight is 463 g/mol. The van der Waals surface area contributed by atoms with Crippen LogP contribution >= 0.6 is 11.3 Å². The average Bonchev–Trinajstić information content (AvgIpc) is 3.24. The monoisotopic (exact) mass is 462 g/mol. The van der Waals surface area contributed by atoms with Crippen LogP contribution in [0.1, 0.15) is 15.9 Å². The van der Waals surface area contributed by atoms with Gasteiger partial charge in [-0.15, -0.1) is 0 Å². The fourth-order valence-electron chi connectivity index (χ4n) is 3.22. The molecule has 3 aromatic rings. The first-order chi connectivity index (χ1) is 14.9. The van der Waals surface area contributed by atoms with E-state index in [-0.39, 0.29) is 4.90 Å². The fraction of sp³-hybridized carbons (Fsp3) is 0.300. The molecule has 164 valence electrons. The zero-order valence-corrected chi connectivity index (χ0v) is 18.7. The Morgan fingerprint density at radius 3 is 2.55 bits per heavy atom. The molecule has 1 aliphatic rings. The number of aromatic nitrogens is 1. The Morgan fingerprint density at radius 1 is 1.16 bits per heavy atom. The minimum Gasteiger partial charge on any atom is -0.494 e. The van der Waals surface area contributed by atoms with Crippen LogP contribution in [-0.2, 0) is 14.8 Å². The number of hydrazine groups is 1. The lowest BCUT2D eigenvalue weighted by molar-refractivity contribution is 0.0730. The van der Waals surface area contributed by atoms with Crippen LogP contribution in [0.2, 0.25) is 0 Å². The number of methoxy groups -OCH3 is 1. The number of fused-ring (bicyclic) bond motifs is 1. The lowest BCUT2D eigenvalue weighted by atomic mass is 10.2. The van der Waals surface area contributed by atoms with Crippen LogP contribution < -0.4 is 15.6 Å². The SMILES string of the molecule is COc1ccc(C)c2sc(NNC(=O)c3ccc(S(=O)(=O)N4CCOCC4)cc3)nc12. The Balaban J connectivity index is 1.45. The van der Waals surface area contributed by atoms with Crippen LogP contribution in [0.15, 0.2) is 41.3 Å². The number of sulfonamides is 1. The first-order valence-electron chi connectivity index (χ1n) is 9.58. The maximum absolute atomic E-state index is 12.7. The van der Waals surface area contributed by atoms with Gasteiger partial charge in [-0.25, -0.2) is 13.4 Å². The number of amides is 1. The maximum atomic E-state index is 12.7. The third-order valence-electron chi connectivity index (χ3n) is 4.93. The Labute approximate surface area is 184 Å². The van der Waals surface area contributed by atoms with Gasteiger partial charge in [0.15, 0.2) is 0 Å². The molecule has 2 N–H and O–H groups in total. The summed E-state index contributed by atoms with van der Waals surface area (Å²) >= 11 is 1.40. The number of nitrogens with one attached hydrogen (secondary N) is 2. The summed E-state index contributed by atoms with van der Waals surface area (Å²) in [7, 11) is -2.01. The Hall–Kier alpha value is -2.73. The predicted molar refractivity (Wildman–Crippen MR) is 118 cm³/mol. The minimum absolute atomic E-state index is 0.146. The summed E-state index contributed by atoms with van der Waals surface area (Å²) < 4.78 is 38.3. The molecule has 0 bridgehead atoms. The van der Waals surface area contributed by atoms with Crippen LogP contribution in [0.5, 0.6) is 5.75 Å². The van der Waals surface area contributed by atoms with Crippen molar-refractivity contribution in [3.8, 4) is 5.75 Å². The van der Waals surface area contributed by atoms with Gasteiger partial charge in [-0.05, 0) is 42.8 Å². The number of hydrogen-bond acceptors (Lipinski definition) is 8. The molecular weight excluding hydrogens is 440 g/mol. The smallest absolute Gasteiger partial charge is 0.269 e. The topological polar surface area (TPSA) is 110 Å². The lowest BCUT2D eigenvalue weighted by Crippen LogP contribution is -2.40. The van der Waals surface area contributed by atoms with Crippen molar-refractivity contribution < 1.29 is 22.7 Å². The van der Waals surface area contributed by atoms with E-state index in [1.807, 2.05) is 19.1 Å². The molecule has 1 aliphatic heterocycles. The molecule has 0 unspecified atom stereocenters. The van der Waals surface area contributed by atoms with Gasteiger partial charge in [-0.3, -0.25) is 15.6 Å². The van der Waals surface area contributed by atoms with Crippen molar-refractivity contribution in [3.05, 3.63) is 47.5 Å². The lowest BCUT2D eigenvalue weighted by Gasteiger charge is -2.26. The molecule has 2 heterocycles. The summed E-state index contributed by atoms with van der Waals surface area (Å²) in [6, 6.07) is 9.64. The van der Waals surface area contributed by atoms with Gasteiger partial charge in [0.05, 0.1) is 29.9 Å². The van der Waals surface area contributed by atoms with E-state index < -0.39 is 15.9 Å². The van der Waals surface area contributed by atoms with E-state index in [2.05, 4.69) is 15.8 Å². The van der Waals surface area contributed by atoms with E-state index >= 15 is 0 Å². The van der Waals surface area contributed by atoms with Gasteiger partial charge in [0.25, 0.3) is 5.91 Å². The molecular formula is C20H22N4O5S2. The van der Waals surface area contributed by atoms with Gasteiger partial charge in [0, 0.05) is 18.7 Å². The van der Waals surface area contributed by atoms with Gasteiger partial charge in [-0.1, -0.05) is 17.4 Å². The first-order valence-corrected chi connectivity index (χ1v) is 11.8. The second-order valence-corrected chi connectivity index (χ2v) is 9.84. The van der Waals surface area contributed by atoms with Crippen molar-refractivity contribution in [2.45, 2.75) is 11.8 Å². The molecule has 0 spiro atoms. The van der Waals surface area contributed by atoms with Crippen molar-refractivity contribution in [2.75, 3.05) is 38.8 Å². The summed E-state index contributed by atoms with van der Waals surface area (Å²) in [6.45, 7) is 3.38. The van der Waals surface area contributed by atoms with Crippen LogP contribution in [0.3, 0.4) is 0 Å². The fourth-order valence-corrected chi connectivity index (χ4v) is 5.54. The number of ether oxygens (including phenoxy) is 2. The normalized spacial score (nSPS) is 15.0. The molecule has 2 aromatic carbocycles. The molecule has 9 nitrogen and oxygen atoms in total. The van der Waals surface area contributed by atoms with Crippen molar-refractivity contribution in [1.29, 1.82) is 0 Å². The van der Waals surface area contributed by atoms with Crippen LogP contribution in [-0.4, -0.2) is 57.0 Å². The van der Waals surface area contributed by atoms with Gasteiger partial charge in [0.1, 0.15) is 11.3 Å². The van der Waals surface area contributed by atoms with Crippen molar-refractivity contribution in [3.63, 3.8) is 0 Å². The second kappa shape index (κ2) is 8.79. The van der Waals surface area contributed by atoms with Gasteiger partial charge in [0.2, 0.25) is 15.2 Å². The highest BCUT2D eigenvalue weighted by Gasteiger charge is 2.26. The van der Waals surface area contributed by atoms with E-state index in [9.17, 15) is 13.2 Å². The summed E-state index contributed by atoms with van der Waals surface area (Å²) in [4.78, 5) is 17.1. The van der Waals surface area contributed by atoms with Crippen LogP contribution in [0.25, 0.3) is 10.2 Å². The van der Waals surface area contributed by atoms with Gasteiger partial charge in [-0.2, -0.15) is 4.31 Å². The Kier molecular flexibility index (Phi) is 6.10. The summed E-state index contributed by atoms with van der Waals surface area (Å²) in [5.74, 6) is 0.256. The number of benzene rings is 2. The molecule has 1 aromatic heterocycles. The second-order valence-electron chi connectivity index (χ2n) is 6.90. The highest BCUT2D eigenvalue weighted by molar-refractivity contribution is 7.89.